The zero-order valence-corrected chi connectivity index (χ0v) is 17.1. The summed E-state index contributed by atoms with van der Waals surface area (Å²) in [5, 5.41) is 3.05. The molecule has 0 radical (unpaired) electrons. The van der Waals surface area contributed by atoms with Gasteiger partial charge in [-0.2, -0.15) is 0 Å². The highest BCUT2D eigenvalue weighted by atomic mass is 16.2. The van der Waals surface area contributed by atoms with Crippen LogP contribution < -0.4 is 15.1 Å². The van der Waals surface area contributed by atoms with Gasteiger partial charge in [-0.1, -0.05) is 36.4 Å². The Morgan fingerprint density at radius 1 is 1.00 bits per heavy atom. The van der Waals surface area contributed by atoms with Gasteiger partial charge < -0.3 is 20.0 Å². The van der Waals surface area contributed by atoms with Crippen molar-refractivity contribution in [1.29, 1.82) is 0 Å². The lowest BCUT2D eigenvalue weighted by Crippen LogP contribution is -2.38. The van der Waals surface area contributed by atoms with Crippen LogP contribution >= 0.6 is 0 Å². The quantitative estimate of drug-likeness (QED) is 0.705. The third-order valence-electron chi connectivity index (χ3n) is 5.34. The Hall–Kier alpha value is -2.69. The third kappa shape index (κ3) is 5.41. The number of para-hydroxylation sites is 2. The predicted molar refractivity (Wildman–Crippen MR) is 117 cm³/mol. The molecule has 5 nitrogen and oxygen atoms in total. The van der Waals surface area contributed by atoms with Crippen LogP contribution in [-0.2, 0) is 6.54 Å². The summed E-state index contributed by atoms with van der Waals surface area (Å²) in [7, 11) is 3.95. The maximum Gasteiger partial charge on any atom is 0.317 e. The number of hydrogen-bond acceptors (Lipinski definition) is 3. The van der Waals surface area contributed by atoms with E-state index in [1.807, 2.05) is 25.2 Å². The normalized spacial score (nSPS) is 13.4. The van der Waals surface area contributed by atoms with Gasteiger partial charge >= 0.3 is 6.03 Å². The smallest absolute Gasteiger partial charge is 0.317 e. The first-order valence-corrected chi connectivity index (χ1v) is 10.2. The van der Waals surface area contributed by atoms with E-state index in [2.05, 4.69) is 58.6 Å². The van der Waals surface area contributed by atoms with Gasteiger partial charge in [-0.3, -0.25) is 0 Å². The van der Waals surface area contributed by atoms with E-state index in [0.717, 1.165) is 26.1 Å². The summed E-state index contributed by atoms with van der Waals surface area (Å²) in [5.74, 6) is 0. The summed E-state index contributed by atoms with van der Waals surface area (Å²) < 4.78 is 0. The molecule has 150 valence electrons. The Kier molecular flexibility index (Phi) is 7.18. The van der Waals surface area contributed by atoms with Crippen molar-refractivity contribution >= 4 is 17.4 Å². The molecule has 0 aliphatic carbocycles. The summed E-state index contributed by atoms with van der Waals surface area (Å²) in [4.78, 5) is 18.9. The summed E-state index contributed by atoms with van der Waals surface area (Å²) in [6, 6.07) is 18.7. The van der Waals surface area contributed by atoms with Crippen molar-refractivity contribution in [2.24, 2.45) is 0 Å². The van der Waals surface area contributed by atoms with Gasteiger partial charge in [0.25, 0.3) is 0 Å². The number of nitrogens with one attached hydrogen (secondary N) is 1. The van der Waals surface area contributed by atoms with E-state index in [4.69, 9.17) is 0 Å². The van der Waals surface area contributed by atoms with Gasteiger partial charge in [0.2, 0.25) is 0 Å². The summed E-state index contributed by atoms with van der Waals surface area (Å²) in [6.07, 6.45) is 3.42. The van der Waals surface area contributed by atoms with Crippen LogP contribution in [-0.4, -0.2) is 51.2 Å². The molecule has 0 saturated carbocycles. The summed E-state index contributed by atoms with van der Waals surface area (Å²) in [5.41, 5.74) is 3.68. The fourth-order valence-corrected chi connectivity index (χ4v) is 3.70. The van der Waals surface area contributed by atoms with E-state index in [9.17, 15) is 4.79 Å². The summed E-state index contributed by atoms with van der Waals surface area (Å²) >= 11 is 0. The molecule has 1 heterocycles. The highest BCUT2D eigenvalue weighted by Gasteiger charge is 2.17. The fourth-order valence-electron chi connectivity index (χ4n) is 3.70. The van der Waals surface area contributed by atoms with Crippen LogP contribution in [0.3, 0.4) is 0 Å². The molecule has 2 aromatic carbocycles. The van der Waals surface area contributed by atoms with Crippen LogP contribution in [0.25, 0.3) is 0 Å². The van der Waals surface area contributed by atoms with Gasteiger partial charge in [0, 0.05) is 58.2 Å². The zero-order valence-electron chi connectivity index (χ0n) is 17.1. The number of urea groups is 1. The first-order valence-electron chi connectivity index (χ1n) is 10.2. The SMILES string of the molecule is CN(Cc1ccccc1N1CCCC1)C(=O)NCCCN(C)c1ccccc1. The minimum absolute atomic E-state index is 0.0152. The minimum Gasteiger partial charge on any atom is -0.375 e. The molecule has 1 fully saturated rings. The van der Waals surface area contributed by atoms with Crippen LogP contribution in [0, 0.1) is 0 Å². The van der Waals surface area contributed by atoms with E-state index in [1.54, 1.807) is 4.90 Å². The van der Waals surface area contributed by atoms with Crippen molar-refractivity contribution in [2.45, 2.75) is 25.8 Å². The molecule has 0 bridgehead atoms. The molecule has 0 aromatic heterocycles. The lowest BCUT2D eigenvalue weighted by atomic mass is 10.1. The van der Waals surface area contributed by atoms with Crippen molar-refractivity contribution in [3.05, 3.63) is 60.2 Å². The van der Waals surface area contributed by atoms with Crippen LogP contribution in [0.15, 0.2) is 54.6 Å². The molecular weight excluding hydrogens is 348 g/mol. The Bertz CT molecular complexity index is 743. The Morgan fingerprint density at radius 2 is 1.68 bits per heavy atom. The second-order valence-corrected chi connectivity index (χ2v) is 7.52. The molecule has 3 rings (SSSR count). The molecule has 1 aliphatic heterocycles. The van der Waals surface area contributed by atoms with E-state index < -0.39 is 0 Å². The molecule has 2 aromatic rings. The first-order chi connectivity index (χ1) is 13.6. The van der Waals surface area contributed by atoms with Crippen molar-refractivity contribution in [3.63, 3.8) is 0 Å². The number of benzene rings is 2. The first kappa shape index (κ1) is 20.1. The molecule has 2 amide bonds. The lowest BCUT2D eigenvalue weighted by Gasteiger charge is -2.25. The minimum atomic E-state index is -0.0152. The molecule has 5 heteroatoms. The molecule has 0 atom stereocenters. The highest BCUT2D eigenvalue weighted by molar-refractivity contribution is 5.74. The molecule has 28 heavy (non-hydrogen) atoms. The molecule has 0 spiro atoms. The standard InChI is InChI=1S/C23H32N4O/c1-25(21-12-4-3-5-13-21)16-10-15-24-23(28)26(2)19-20-11-6-7-14-22(20)27-17-8-9-18-27/h3-7,11-14H,8-10,15-19H2,1-2H3,(H,24,28). The van der Waals surface area contributed by atoms with Crippen molar-refractivity contribution in [3.8, 4) is 0 Å². The number of amides is 2. The van der Waals surface area contributed by atoms with Gasteiger partial charge in [-0.15, -0.1) is 0 Å². The van der Waals surface area contributed by atoms with Crippen molar-refractivity contribution in [1.82, 2.24) is 10.2 Å². The van der Waals surface area contributed by atoms with Gasteiger partial charge in [-0.05, 0) is 43.0 Å². The number of carbonyl (C=O) groups excluding carboxylic acids is 1. The summed E-state index contributed by atoms with van der Waals surface area (Å²) in [6.45, 7) is 4.44. The largest absolute Gasteiger partial charge is 0.375 e. The van der Waals surface area contributed by atoms with Gasteiger partial charge in [0.15, 0.2) is 0 Å². The molecular formula is C23H32N4O. The highest BCUT2D eigenvalue weighted by Crippen LogP contribution is 2.25. The third-order valence-corrected chi connectivity index (χ3v) is 5.34. The van der Waals surface area contributed by atoms with Gasteiger partial charge in [-0.25, -0.2) is 4.79 Å². The Morgan fingerprint density at radius 3 is 2.43 bits per heavy atom. The van der Waals surface area contributed by atoms with E-state index in [-0.39, 0.29) is 6.03 Å². The van der Waals surface area contributed by atoms with Gasteiger partial charge in [0.05, 0.1) is 0 Å². The average Bonchev–Trinajstić information content (AvgIpc) is 3.26. The molecule has 1 aliphatic rings. The number of anilines is 2. The molecule has 1 saturated heterocycles. The van der Waals surface area contributed by atoms with Crippen LogP contribution in [0.5, 0.6) is 0 Å². The van der Waals surface area contributed by atoms with Crippen LogP contribution in [0.4, 0.5) is 16.2 Å². The topological polar surface area (TPSA) is 38.8 Å². The van der Waals surface area contributed by atoms with Crippen molar-refractivity contribution < 1.29 is 4.79 Å². The van der Waals surface area contributed by atoms with E-state index >= 15 is 0 Å². The van der Waals surface area contributed by atoms with Crippen LogP contribution in [0.1, 0.15) is 24.8 Å². The zero-order chi connectivity index (χ0) is 19.8. The van der Waals surface area contributed by atoms with Gasteiger partial charge in [0.1, 0.15) is 0 Å². The van der Waals surface area contributed by atoms with Crippen molar-refractivity contribution in [2.75, 3.05) is 50.1 Å². The Labute approximate surface area is 168 Å². The van der Waals surface area contributed by atoms with E-state index in [1.165, 1.54) is 29.8 Å². The molecule has 1 N–H and O–H groups in total. The number of nitrogens with zero attached hydrogens (tertiary/aromatic N) is 3. The lowest BCUT2D eigenvalue weighted by molar-refractivity contribution is 0.207. The Balaban J connectivity index is 1.44. The average molecular weight is 381 g/mol. The predicted octanol–water partition coefficient (Wildman–Crippen LogP) is 3.95. The fraction of sp³-hybridized carbons (Fsp3) is 0.435. The molecule has 0 unspecified atom stereocenters. The van der Waals surface area contributed by atoms with Crippen LogP contribution in [0.2, 0.25) is 0 Å². The number of rotatable bonds is 8. The second-order valence-electron chi connectivity index (χ2n) is 7.52. The second kappa shape index (κ2) is 10.0. The maximum atomic E-state index is 12.5. The monoisotopic (exact) mass is 380 g/mol. The maximum absolute atomic E-state index is 12.5. The number of carbonyl (C=O) groups is 1. The van der Waals surface area contributed by atoms with E-state index in [0.29, 0.717) is 13.1 Å². The number of hydrogen-bond donors (Lipinski definition) is 1.